The van der Waals surface area contributed by atoms with Crippen molar-refractivity contribution in [2.75, 3.05) is 58.7 Å². The molecular weight excluding hydrogens is 620 g/mol. The van der Waals surface area contributed by atoms with E-state index in [4.69, 9.17) is 0 Å². The first-order chi connectivity index (χ1) is 23.8. The summed E-state index contributed by atoms with van der Waals surface area (Å²) >= 11 is 0. The Balaban J connectivity index is 1.24. The number of carbonyl (C=O) groups excluding carboxylic acids is 4. The van der Waals surface area contributed by atoms with E-state index >= 15 is 0 Å². The Hall–Kier alpha value is -4.06. The highest BCUT2D eigenvalue weighted by Gasteiger charge is 2.35. The Labute approximate surface area is 291 Å². The lowest BCUT2D eigenvalue weighted by Gasteiger charge is -2.42. The molecule has 0 bridgehead atoms. The molecule has 12 heteroatoms. The number of piperidine rings is 3. The molecule has 7 amide bonds. The SMILES string of the molecule is CCC/C=C(\C=C\N(C)C(=O)NC)CC(NC(=O)N1CCC(N2Cc3ccccc3NC2=O)CC1)C(=O)N1CCC(N2CCCCC2)CC1. The molecule has 1 aromatic carbocycles. The van der Waals surface area contributed by atoms with Gasteiger partial charge >= 0.3 is 18.1 Å². The van der Waals surface area contributed by atoms with E-state index in [2.05, 4.69) is 33.9 Å². The number of para-hydroxylation sites is 1. The molecule has 12 nitrogen and oxygen atoms in total. The molecule has 49 heavy (non-hydrogen) atoms. The number of hydrogen-bond acceptors (Lipinski definition) is 5. The second kappa shape index (κ2) is 17.6. The highest BCUT2D eigenvalue weighted by molar-refractivity contribution is 5.92. The molecule has 0 aromatic heterocycles. The summed E-state index contributed by atoms with van der Waals surface area (Å²) in [6, 6.07) is 7.07. The topological polar surface area (TPSA) is 121 Å². The predicted octanol–water partition coefficient (Wildman–Crippen LogP) is 4.96. The van der Waals surface area contributed by atoms with Gasteiger partial charge in [0, 0.05) is 77.2 Å². The van der Waals surface area contributed by atoms with Crippen molar-refractivity contribution < 1.29 is 19.2 Å². The van der Waals surface area contributed by atoms with Gasteiger partial charge in [0.25, 0.3) is 0 Å². The molecule has 5 rings (SSSR count). The normalized spacial score (nSPS) is 20.5. The fraction of sp³-hybridized carbons (Fsp3) is 0.622. The largest absolute Gasteiger partial charge is 0.341 e. The lowest BCUT2D eigenvalue weighted by Crippen LogP contribution is -2.57. The zero-order valence-corrected chi connectivity index (χ0v) is 29.7. The minimum atomic E-state index is -0.737. The highest BCUT2D eigenvalue weighted by Crippen LogP contribution is 2.28. The van der Waals surface area contributed by atoms with Crippen molar-refractivity contribution in [3.63, 3.8) is 0 Å². The second-order valence-electron chi connectivity index (χ2n) is 13.8. The van der Waals surface area contributed by atoms with Gasteiger partial charge in [-0.05, 0) is 81.3 Å². The number of carbonyl (C=O) groups is 4. The van der Waals surface area contributed by atoms with Crippen molar-refractivity contribution >= 4 is 29.7 Å². The van der Waals surface area contributed by atoms with Crippen LogP contribution in [0, 0.1) is 0 Å². The van der Waals surface area contributed by atoms with E-state index in [-0.39, 0.29) is 30.0 Å². The summed E-state index contributed by atoms with van der Waals surface area (Å²) in [5.74, 6) is -0.0561. The number of urea groups is 3. The first-order valence-corrected chi connectivity index (χ1v) is 18.3. The summed E-state index contributed by atoms with van der Waals surface area (Å²) in [6.07, 6.45) is 14.8. The van der Waals surface area contributed by atoms with Gasteiger partial charge in [0.1, 0.15) is 6.04 Å². The quantitative estimate of drug-likeness (QED) is 0.303. The molecule has 3 fully saturated rings. The predicted molar refractivity (Wildman–Crippen MR) is 192 cm³/mol. The number of benzene rings is 1. The van der Waals surface area contributed by atoms with E-state index in [0.29, 0.717) is 58.0 Å². The molecule has 0 aliphatic carbocycles. The number of rotatable bonds is 10. The minimum absolute atomic E-state index is 0.0297. The molecule has 3 saturated heterocycles. The number of fused-ring (bicyclic) bond motifs is 1. The van der Waals surface area contributed by atoms with E-state index < -0.39 is 6.04 Å². The summed E-state index contributed by atoms with van der Waals surface area (Å²) in [7, 11) is 3.27. The number of allylic oxidation sites excluding steroid dienone is 2. The van der Waals surface area contributed by atoms with Crippen LogP contribution in [0.1, 0.15) is 76.7 Å². The Kier molecular flexibility index (Phi) is 13.0. The fourth-order valence-electron chi connectivity index (χ4n) is 7.53. The molecule has 4 heterocycles. The van der Waals surface area contributed by atoms with Crippen LogP contribution in [-0.4, -0.2) is 120 Å². The maximum atomic E-state index is 14.2. The van der Waals surface area contributed by atoms with Gasteiger partial charge < -0.3 is 40.4 Å². The van der Waals surface area contributed by atoms with Crippen LogP contribution in [0.25, 0.3) is 0 Å². The van der Waals surface area contributed by atoms with E-state index in [1.165, 1.54) is 24.2 Å². The van der Waals surface area contributed by atoms with Crippen molar-refractivity contribution in [3.05, 3.63) is 53.8 Å². The lowest BCUT2D eigenvalue weighted by molar-refractivity contribution is -0.134. The van der Waals surface area contributed by atoms with E-state index in [1.807, 2.05) is 40.1 Å². The Morgan fingerprint density at radius 1 is 0.959 bits per heavy atom. The van der Waals surface area contributed by atoms with Crippen LogP contribution in [-0.2, 0) is 11.3 Å². The molecule has 0 radical (unpaired) electrons. The maximum Gasteiger partial charge on any atom is 0.322 e. The van der Waals surface area contributed by atoms with Crippen LogP contribution >= 0.6 is 0 Å². The monoisotopic (exact) mass is 676 g/mol. The average Bonchev–Trinajstić information content (AvgIpc) is 3.14. The highest BCUT2D eigenvalue weighted by atomic mass is 16.2. The maximum absolute atomic E-state index is 14.2. The summed E-state index contributed by atoms with van der Waals surface area (Å²) in [4.78, 5) is 62.7. The minimum Gasteiger partial charge on any atom is -0.341 e. The van der Waals surface area contributed by atoms with Crippen molar-refractivity contribution in [2.24, 2.45) is 0 Å². The number of unbranched alkanes of at least 4 members (excludes halogenated alkanes) is 1. The van der Waals surface area contributed by atoms with Gasteiger partial charge in [-0.1, -0.05) is 44.0 Å². The number of likely N-dealkylation sites (tertiary alicyclic amines) is 3. The zero-order chi connectivity index (χ0) is 34.8. The molecule has 1 aromatic rings. The van der Waals surface area contributed by atoms with Crippen molar-refractivity contribution in [1.82, 2.24) is 35.1 Å². The van der Waals surface area contributed by atoms with Crippen LogP contribution in [0.15, 0.2) is 48.2 Å². The Morgan fingerprint density at radius 2 is 1.63 bits per heavy atom. The van der Waals surface area contributed by atoms with Crippen LogP contribution in [0.5, 0.6) is 0 Å². The molecule has 3 N–H and O–H groups in total. The third-order valence-electron chi connectivity index (χ3n) is 10.5. The number of hydrogen-bond donors (Lipinski definition) is 3. The fourth-order valence-corrected chi connectivity index (χ4v) is 7.53. The smallest absolute Gasteiger partial charge is 0.322 e. The standard InChI is InChI=1S/C37H56N8O4/c1-4-5-11-28(14-21-41(3)35(47)38-2)26-33(34(46)43-22-15-30(16-23-43)42-19-9-6-10-20-42)40-36(48)44-24-17-31(18-25-44)45-27-29-12-7-8-13-32(29)39-37(45)49/h7-8,11-14,21,30-31,33H,4-6,9-10,15-20,22-27H2,1-3H3,(H,38,47)(H,39,49)(H,40,48)/b21-14+,28-11+. The molecular formula is C37H56N8O4. The summed E-state index contributed by atoms with van der Waals surface area (Å²) in [5.41, 5.74) is 2.84. The van der Waals surface area contributed by atoms with Crippen molar-refractivity contribution in [2.45, 2.75) is 95.8 Å². The van der Waals surface area contributed by atoms with Gasteiger partial charge in [-0.15, -0.1) is 0 Å². The first kappa shape index (κ1) is 36.2. The summed E-state index contributed by atoms with van der Waals surface area (Å²) in [6.45, 7) is 7.31. The zero-order valence-electron chi connectivity index (χ0n) is 29.7. The molecule has 1 atom stereocenters. The third kappa shape index (κ3) is 9.55. The van der Waals surface area contributed by atoms with Crippen molar-refractivity contribution in [1.29, 1.82) is 0 Å². The number of nitrogens with zero attached hydrogens (tertiary/aromatic N) is 5. The van der Waals surface area contributed by atoms with Gasteiger partial charge in [0.05, 0.1) is 0 Å². The van der Waals surface area contributed by atoms with Crippen molar-refractivity contribution in [3.8, 4) is 0 Å². The average molecular weight is 677 g/mol. The van der Waals surface area contributed by atoms with Gasteiger partial charge in [0.15, 0.2) is 0 Å². The second-order valence-corrected chi connectivity index (χ2v) is 13.8. The van der Waals surface area contributed by atoms with Crippen LogP contribution < -0.4 is 16.0 Å². The van der Waals surface area contributed by atoms with Gasteiger partial charge in [-0.2, -0.15) is 0 Å². The third-order valence-corrected chi connectivity index (χ3v) is 10.5. The van der Waals surface area contributed by atoms with Crippen LogP contribution in [0.3, 0.4) is 0 Å². The number of amides is 7. The Morgan fingerprint density at radius 3 is 2.33 bits per heavy atom. The lowest BCUT2D eigenvalue weighted by atomic mass is 9.98. The molecule has 0 spiro atoms. The van der Waals surface area contributed by atoms with E-state index in [1.54, 1.807) is 25.2 Å². The summed E-state index contributed by atoms with van der Waals surface area (Å²) in [5, 5.41) is 8.75. The first-order valence-electron chi connectivity index (χ1n) is 18.3. The summed E-state index contributed by atoms with van der Waals surface area (Å²) < 4.78 is 0. The number of anilines is 1. The van der Waals surface area contributed by atoms with Gasteiger partial charge in [-0.25, -0.2) is 14.4 Å². The number of nitrogens with one attached hydrogen (secondary N) is 3. The van der Waals surface area contributed by atoms with E-state index in [9.17, 15) is 19.2 Å². The van der Waals surface area contributed by atoms with Crippen LogP contribution in [0.2, 0.25) is 0 Å². The van der Waals surface area contributed by atoms with Crippen LogP contribution in [0.4, 0.5) is 20.1 Å². The molecule has 4 aliphatic rings. The molecule has 0 saturated carbocycles. The van der Waals surface area contributed by atoms with Gasteiger partial charge in [-0.3, -0.25) is 4.79 Å². The molecule has 268 valence electrons. The van der Waals surface area contributed by atoms with E-state index in [0.717, 1.165) is 55.6 Å². The Bertz CT molecular complexity index is 1360. The molecule has 4 aliphatic heterocycles. The van der Waals surface area contributed by atoms with Gasteiger partial charge in [0.2, 0.25) is 5.91 Å². The molecule has 1 unspecified atom stereocenters.